The number of rotatable bonds is 3. The average Bonchev–Trinajstić information content (AvgIpc) is 2.67. The predicted octanol–water partition coefficient (Wildman–Crippen LogP) is 1.37. The third-order valence-corrected chi connectivity index (χ3v) is 3.22. The van der Waals surface area contributed by atoms with Crippen LogP contribution in [0.2, 0.25) is 0 Å². The number of carbonyl (C=O) groups is 1. The minimum Gasteiger partial charge on any atom is -0.341 e. The van der Waals surface area contributed by atoms with Crippen molar-refractivity contribution in [3.05, 3.63) is 0 Å². The lowest BCUT2D eigenvalue weighted by Gasteiger charge is -2.28. The van der Waals surface area contributed by atoms with Gasteiger partial charge < -0.3 is 10.6 Å². The normalized spacial score (nSPS) is 20.1. The van der Waals surface area contributed by atoms with E-state index < -0.39 is 0 Å². The van der Waals surface area contributed by atoms with E-state index in [2.05, 4.69) is 0 Å². The Bertz CT molecular complexity index is 197. The molecule has 1 aliphatic carbocycles. The molecule has 0 spiro atoms. The summed E-state index contributed by atoms with van der Waals surface area (Å²) in [6, 6.07) is 0.105. The Morgan fingerprint density at radius 2 is 1.86 bits per heavy atom. The van der Waals surface area contributed by atoms with Crippen LogP contribution in [0.25, 0.3) is 0 Å². The SMILES string of the molecule is CC(C)C(N)C(=O)N(C)C1CCCC1. The highest BCUT2D eigenvalue weighted by atomic mass is 16.2. The van der Waals surface area contributed by atoms with Crippen molar-refractivity contribution >= 4 is 5.91 Å². The predicted molar refractivity (Wildman–Crippen MR) is 57.8 cm³/mol. The lowest BCUT2D eigenvalue weighted by Crippen LogP contribution is -2.48. The number of likely N-dealkylation sites (N-methyl/N-ethyl adjacent to an activating group) is 1. The van der Waals surface area contributed by atoms with Crippen molar-refractivity contribution < 1.29 is 4.79 Å². The second kappa shape index (κ2) is 4.78. The van der Waals surface area contributed by atoms with Crippen LogP contribution in [0.3, 0.4) is 0 Å². The van der Waals surface area contributed by atoms with Crippen LogP contribution in [-0.4, -0.2) is 29.9 Å². The summed E-state index contributed by atoms with van der Waals surface area (Å²) in [4.78, 5) is 13.7. The summed E-state index contributed by atoms with van der Waals surface area (Å²) >= 11 is 0. The highest BCUT2D eigenvalue weighted by Gasteiger charge is 2.27. The Labute approximate surface area is 86.6 Å². The van der Waals surface area contributed by atoms with E-state index in [9.17, 15) is 4.79 Å². The molecule has 14 heavy (non-hydrogen) atoms. The zero-order chi connectivity index (χ0) is 10.7. The van der Waals surface area contributed by atoms with Crippen molar-refractivity contribution in [2.45, 2.75) is 51.6 Å². The Hall–Kier alpha value is -0.570. The molecule has 1 aliphatic rings. The van der Waals surface area contributed by atoms with Gasteiger partial charge in [-0.15, -0.1) is 0 Å². The summed E-state index contributed by atoms with van der Waals surface area (Å²) in [5.74, 6) is 0.332. The largest absolute Gasteiger partial charge is 0.341 e. The molecule has 0 radical (unpaired) electrons. The van der Waals surface area contributed by atoms with Gasteiger partial charge in [0.05, 0.1) is 6.04 Å². The highest BCUT2D eigenvalue weighted by molar-refractivity contribution is 5.82. The van der Waals surface area contributed by atoms with Crippen LogP contribution in [0.1, 0.15) is 39.5 Å². The smallest absolute Gasteiger partial charge is 0.239 e. The van der Waals surface area contributed by atoms with Gasteiger partial charge in [-0.25, -0.2) is 0 Å². The van der Waals surface area contributed by atoms with Crippen molar-refractivity contribution in [1.29, 1.82) is 0 Å². The first-order valence-electron chi connectivity index (χ1n) is 5.56. The molecule has 3 nitrogen and oxygen atoms in total. The molecule has 0 saturated heterocycles. The van der Waals surface area contributed by atoms with Gasteiger partial charge in [-0.3, -0.25) is 4.79 Å². The van der Waals surface area contributed by atoms with E-state index >= 15 is 0 Å². The monoisotopic (exact) mass is 198 g/mol. The first kappa shape index (κ1) is 11.5. The van der Waals surface area contributed by atoms with E-state index in [1.54, 1.807) is 0 Å². The standard InChI is InChI=1S/C11H22N2O/c1-8(2)10(12)11(14)13(3)9-6-4-5-7-9/h8-10H,4-7,12H2,1-3H3. The average molecular weight is 198 g/mol. The van der Waals surface area contributed by atoms with Gasteiger partial charge in [0.25, 0.3) is 0 Å². The van der Waals surface area contributed by atoms with E-state index in [4.69, 9.17) is 5.73 Å². The van der Waals surface area contributed by atoms with E-state index in [0.29, 0.717) is 6.04 Å². The third kappa shape index (κ3) is 2.47. The van der Waals surface area contributed by atoms with Crippen molar-refractivity contribution in [2.75, 3.05) is 7.05 Å². The zero-order valence-corrected chi connectivity index (χ0v) is 9.49. The molecule has 3 heteroatoms. The Balaban J connectivity index is 2.50. The molecule has 1 unspecified atom stereocenters. The fourth-order valence-electron chi connectivity index (χ4n) is 1.99. The summed E-state index contributed by atoms with van der Waals surface area (Å²) in [5.41, 5.74) is 5.84. The van der Waals surface area contributed by atoms with Gasteiger partial charge in [0, 0.05) is 13.1 Å². The lowest BCUT2D eigenvalue weighted by molar-refractivity contribution is -0.134. The summed E-state index contributed by atoms with van der Waals surface area (Å²) in [7, 11) is 1.89. The van der Waals surface area contributed by atoms with Crippen LogP contribution in [0.5, 0.6) is 0 Å². The molecule has 1 amide bonds. The summed E-state index contributed by atoms with van der Waals surface area (Å²) < 4.78 is 0. The molecule has 82 valence electrons. The maximum absolute atomic E-state index is 11.9. The third-order valence-electron chi connectivity index (χ3n) is 3.22. The zero-order valence-electron chi connectivity index (χ0n) is 9.49. The van der Waals surface area contributed by atoms with Crippen LogP contribution in [0, 0.1) is 5.92 Å². The van der Waals surface area contributed by atoms with Crippen molar-refractivity contribution in [3.8, 4) is 0 Å². The molecule has 0 aromatic heterocycles. The van der Waals surface area contributed by atoms with E-state index in [-0.39, 0.29) is 17.9 Å². The van der Waals surface area contributed by atoms with E-state index in [1.165, 1.54) is 12.8 Å². The molecule has 1 atom stereocenters. The maximum atomic E-state index is 11.9. The number of carbonyl (C=O) groups excluding carboxylic acids is 1. The van der Waals surface area contributed by atoms with Gasteiger partial charge in [0.1, 0.15) is 0 Å². The lowest BCUT2D eigenvalue weighted by atomic mass is 10.0. The fraction of sp³-hybridized carbons (Fsp3) is 0.909. The number of nitrogens with two attached hydrogens (primary N) is 1. The van der Waals surface area contributed by atoms with Crippen LogP contribution >= 0.6 is 0 Å². The van der Waals surface area contributed by atoms with Crippen LogP contribution in [0.4, 0.5) is 0 Å². The Morgan fingerprint density at radius 1 is 1.36 bits per heavy atom. The van der Waals surface area contributed by atoms with Gasteiger partial charge in [-0.1, -0.05) is 26.7 Å². The van der Waals surface area contributed by atoms with Gasteiger partial charge >= 0.3 is 0 Å². The molecule has 0 heterocycles. The van der Waals surface area contributed by atoms with Crippen molar-refractivity contribution in [3.63, 3.8) is 0 Å². The van der Waals surface area contributed by atoms with Crippen LogP contribution < -0.4 is 5.73 Å². The molecule has 0 aromatic carbocycles. The number of hydrogen-bond donors (Lipinski definition) is 1. The Morgan fingerprint density at radius 3 is 2.29 bits per heavy atom. The Kier molecular flexibility index (Phi) is 3.93. The second-order valence-corrected chi connectivity index (χ2v) is 4.66. The van der Waals surface area contributed by atoms with E-state index in [0.717, 1.165) is 12.8 Å². The molecular weight excluding hydrogens is 176 g/mol. The van der Waals surface area contributed by atoms with Gasteiger partial charge in [-0.2, -0.15) is 0 Å². The van der Waals surface area contributed by atoms with Gasteiger partial charge in [-0.05, 0) is 18.8 Å². The highest BCUT2D eigenvalue weighted by Crippen LogP contribution is 2.23. The molecule has 2 N–H and O–H groups in total. The quantitative estimate of drug-likeness (QED) is 0.744. The first-order valence-corrected chi connectivity index (χ1v) is 5.56. The number of hydrogen-bond acceptors (Lipinski definition) is 2. The number of nitrogens with zero attached hydrogens (tertiary/aromatic N) is 1. The minimum atomic E-state index is -0.333. The van der Waals surface area contributed by atoms with Crippen molar-refractivity contribution in [1.82, 2.24) is 4.90 Å². The topological polar surface area (TPSA) is 46.3 Å². The molecule has 1 fully saturated rings. The van der Waals surface area contributed by atoms with Crippen LogP contribution in [-0.2, 0) is 4.79 Å². The molecule has 1 rings (SSSR count). The molecule has 0 aromatic rings. The minimum absolute atomic E-state index is 0.104. The summed E-state index contributed by atoms with van der Waals surface area (Å²) in [5, 5.41) is 0. The fourth-order valence-corrected chi connectivity index (χ4v) is 1.99. The molecular formula is C11H22N2O. The van der Waals surface area contributed by atoms with E-state index in [1.807, 2.05) is 25.8 Å². The summed E-state index contributed by atoms with van der Waals surface area (Å²) in [6.45, 7) is 3.98. The molecule has 0 aliphatic heterocycles. The van der Waals surface area contributed by atoms with Crippen molar-refractivity contribution in [2.24, 2.45) is 11.7 Å². The number of amides is 1. The van der Waals surface area contributed by atoms with Gasteiger partial charge in [0.15, 0.2) is 0 Å². The second-order valence-electron chi connectivity index (χ2n) is 4.66. The maximum Gasteiger partial charge on any atom is 0.239 e. The summed E-state index contributed by atoms with van der Waals surface area (Å²) in [6.07, 6.45) is 4.79. The van der Waals surface area contributed by atoms with Crippen LogP contribution in [0.15, 0.2) is 0 Å². The first-order chi connectivity index (χ1) is 6.54. The van der Waals surface area contributed by atoms with Gasteiger partial charge in [0.2, 0.25) is 5.91 Å². The molecule has 0 bridgehead atoms. The molecule has 1 saturated carbocycles.